The second kappa shape index (κ2) is 10.3. The first-order valence-electron chi connectivity index (χ1n) is 11.8. The van der Waals surface area contributed by atoms with Gasteiger partial charge in [0.2, 0.25) is 5.82 Å². The molecule has 0 bridgehead atoms. The van der Waals surface area contributed by atoms with Crippen LogP contribution in [0.2, 0.25) is 0 Å². The standard InChI is InChI=1S/C25H27FN6O4/c1-31-20-14-18(32-9-2-11-35-12-10-32)7-8-21(20)36-15-19(25(31)34)27-24(33)23-28-22(29-30-23)13-16-3-5-17(26)6-4-16/h3-8,14,19H,2,9-13,15H2,1H3,(H,27,33)(H,28,29,30)/t19-/m1/s1. The van der Waals surface area contributed by atoms with E-state index >= 15 is 0 Å². The number of hydrogen-bond acceptors (Lipinski definition) is 7. The van der Waals surface area contributed by atoms with Crippen LogP contribution in [0.3, 0.4) is 0 Å². The van der Waals surface area contributed by atoms with Crippen molar-refractivity contribution < 1.29 is 23.5 Å². The van der Waals surface area contributed by atoms with Crippen LogP contribution in [0.4, 0.5) is 15.8 Å². The molecule has 0 aliphatic carbocycles. The predicted molar refractivity (Wildman–Crippen MR) is 130 cm³/mol. The second-order valence-electron chi connectivity index (χ2n) is 8.75. The average molecular weight is 495 g/mol. The molecule has 3 heterocycles. The van der Waals surface area contributed by atoms with Gasteiger partial charge in [-0.3, -0.25) is 14.7 Å². The highest BCUT2D eigenvalue weighted by atomic mass is 19.1. The first kappa shape index (κ1) is 23.7. The van der Waals surface area contributed by atoms with Gasteiger partial charge < -0.3 is 24.6 Å². The van der Waals surface area contributed by atoms with E-state index in [0.29, 0.717) is 30.3 Å². The van der Waals surface area contributed by atoms with E-state index in [-0.39, 0.29) is 24.2 Å². The Morgan fingerprint density at radius 3 is 2.86 bits per heavy atom. The Labute approximate surface area is 207 Å². The number of halogens is 1. The minimum absolute atomic E-state index is 0.0221. The van der Waals surface area contributed by atoms with Crippen molar-refractivity contribution in [1.82, 2.24) is 20.5 Å². The molecule has 11 heteroatoms. The fraction of sp³-hybridized carbons (Fsp3) is 0.360. The summed E-state index contributed by atoms with van der Waals surface area (Å²) in [6.45, 7) is 3.02. The van der Waals surface area contributed by atoms with Crippen LogP contribution in [-0.2, 0) is 16.0 Å². The van der Waals surface area contributed by atoms with Gasteiger partial charge in [0, 0.05) is 38.9 Å². The van der Waals surface area contributed by atoms with Crippen LogP contribution in [0.1, 0.15) is 28.4 Å². The monoisotopic (exact) mass is 494 g/mol. The Balaban J connectivity index is 1.26. The first-order chi connectivity index (χ1) is 17.5. The third-order valence-electron chi connectivity index (χ3n) is 6.25. The molecule has 1 aromatic heterocycles. The smallest absolute Gasteiger partial charge is 0.291 e. The van der Waals surface area contributed by atoms with Crippen LogP contribution in [0.5, 0.6) is 5.75 Å². The number of carbonyl (C=O) groups is 2. The van der Waals surface area contributed by atoms with E-state index in [1.807, 2.05) is 18.2 Å². The molecule has 0 spiro atoms. The van der Waals surface area contributed by atoms with E-state index in [4.69, 9.17) is 9.47 Å². The quantitative estimate of drug-likeness (QED) is 0.557. The number of aromatic nitrogens is 3. The summed E-state index contributed by atoms with van der Waals surface area (Å²) in [6, 6.07) is 10.8. The number of benzene rings is 2. The molecule has 2 aliphatic heterocycles. The second-order valence-corrected chi connectivity index (χ2v) is 8.75. The third-order valence-corrected chi connectivity index (χ3v) is 6.25. The van der Waals surface area contributed by atoms with Gasteiger partial charge in [0.05, 0.1) is 12.3 Å². The predicted octanol–water partition coefficient (Wildman–Crippen LogP) is 1.92. The van der Waals surface area contributed by atoms with E-state index in [0.717, 1.165) is 37.4 Å². The van der Waals surface area contributed by atoms with Gasteiger partial charge in [-0.25, -0.2) is 9.37 Å². The zero-order valence-electron chi connectivity index (χ0n) is 19.9. The summed E-state index contributed by atoms with van der Waals surface area (Å²) in [7, 11) is 1.66. The van der Waals surface area contributed by atoms with Gasteiger partial charge in [-0.05, 0) is 42.3 Å². The Bertz CT molecular complexity index is 1240. The summed E-state index contributed by atoms with van der Waals surface area (Å²) in [4.78, 5) is 34.0. The maximum absolute atomic E-state index is 13.2. The van der Waals surface area contributed by atoms with Crippen molar-refractivity contribution in [1.29, 1.82) is 0 Å². The molecule has 0 radical (unpaired) electrons. The van der Waals surface area contributed by atoms with Crippen LogP contribution >= 0.6 is 0 Å². The molecule has 2 aromatic carbocycles. The number of amides is 2. The largest absolute Gasteiger partial charge is 0.489 e. The van der Waals surface area contributed by atoms with Crippen molar-refractivity contribution >= 4 is 23.2 Å². The van der Waals surface area contributed by atoms with Crippen molar-refractivity contribution in [2.45, 2.75) is 18.9 Å². The molecule has 2 amide bonds. The maximum atomic E-state index is 13.2. The van der Waals surface area contributed by atoms with Crippen molar-refractivity contribution in [2.24, 2.45) is 0 Å². The number of carbonyl (C=O) groups excluding carboxylic acids is 2. The van der Waals surface area contributed by atoms with E-state index in [1.54, 1.807) is 19.2 Å². The van der Waals surface area contributed by atoms with Crippen molar-refractivity contribution in [3.8, 4) is 5.75 Å². The van der Waals surface area contributed by atoms with Crippen LogP contribution in [0, 0.1) is 5.82 Å². The normalized spacial score (nSPS) is 18.2. The molecule has 188 valence electrons. The number of ether oxygens (including phenoxy) is 2. The Morgan fingerprint density at radius 1 is 1.19 bits per heavy atom. The van der Waals surface area contributed by atoms with Crippen LogP contribution in [-0.4, -0.2) is 73.0 Å². The van der Waals surface area contributed by atoms with E-state index < -0.39 is 11.9 Å². The van der Waals surface area contributed by atoms with Crippen molar-refractivity contribution in [2.75, 3.05) is 49.8 Å². The number of anilines is 2. The van der Waals surface area contributed by atoms with Gasteiger partial charge >= 0.3 is 0 Å². The van der Waals surface area contributed by atoms with Gasteiger partial charge in [-0.2, -0.15) is 0 Å². The lowest BCUT2D eigenvalue weighted by Gasteiger charge is -2.25. The minimum Gasteiger partial charge on any atom is -0.489 e. The van der Waals surface area contributed by atoms with Gasteiger partial charge in [0.1, 0.15) is 30.0 Å². The lowest BCUT2D eigenvalue weighted by molar-refractivity contribution is -0.120. The molecule has 10 nitrogen and oxygen atoms in total. The molecule has 2 N–H and O–H groups in total. The first-order valence-corrected chi connectivity index (χ1v) is 11.8. The Morgan fingerprint density at radius 2 is 2.03 bits per heavy atom. The van der Waals surface area contributed by atoms with Crippen LogP contribution < -0.4 is 19.9 Å². The molecular formula is C25H27FN6O4. The summed E-state index contributed by atoms with van der Waals surface area (Å²) in [5.74, 6) is -0.298. The molecule has 3 aromatic rings. The van der Waals surface area contributed by atoms with E-state index in [2.05, 4.69) is 25.4 Å². The molecule has 1 saturated heterocycles. The Hall–Kier alpha value is -3.99. The minimum atomic E-state index is -0.913. The van der Waals surface area contributed by atoms with E-state index in [9.17, 15) is 14.0 Å². The third kappa shape index (κ3) is 5.15. The Kier molecular flexibility index (Phi) is 6.81. The summed E-state index contributed by atoms with van der Waals surface area (Å²) in [6.07, 6.45) is 1.29. The molecule has 0 unspecified atom stereocenters. The summed E-state index contributed by atoms with van der Waals surface area (Å²) in [5, 5.41) is 9.37. The van der Waals surface area contributed by atoms with Gasteiger partial charge in [0.25, 0.3) is 11.8 Å². The molecule has 1 fully saturated rings. The highest BCUT2D eigenvalue weighted by Gasteiger charge is 2.32. The molecule has 36 heavy (non-hydrogen) atoms. The fourth-order valence-electron chi connectivity index (χ4n) is 4.29. The number of aromatic amines is 1. The number of fused-ring (bicyclic) bond motifs is 1. The zero-order valence-corrected chi connectivity index (χ0v) is 19.9. The topological polar surface area (TPSA) is 113 Å². The van der Waals surface area contributed by atoms with Crippen LogP contribution in [0.15, 0.2) is 42.5 Å². The number of nitrogens with zero attached hydrogens (tertiary/aromatic N) is 4. The zero-order chi connectivity index (χ0) is 25.1. The van der Waals surface area contributed by atoms with E-state index in [1.165, 1.54) is 17.0 Å². The number of H-pyrrole nitrogens is 1. The molecular weight excluding hydrogens is 467 g/mol. The number of nitrogens with one attached hydrogen (secondary N) is 2. The number of likely N-dealkylation sites (N-methyl/N-ethyl adjacent to an activating group) is 1. The molecule has 2 aliphatic rings. The highest BCUT2D eigenvalue weighted by molar-refractivity contribution is 6.02. The lowest BCUT2D eigenvalue weighted by atomic mass is 10.1. The summed E-state index contributed by atoms with van der Waals surface area (Å²) < 4.78 is 24.6. The maximum Gasteiger partial charge on any atom is 0.291 e. The lowest BCUT2D eigenvalue weighted by Crippen LogP contribution is -2.49. The highest BCUT2D eigenvalue weighted by Crippen LogP contribution is 2.34. The average Bonchev–Trinajstić information content (AvgIpc) is 3.13. The number of hydrogen-bond donors (Lipinski definition) is 2. The molecule has 5 rings (SSSR count). The number of rotatable bonds is 5. The van der Waals surface area contributed by atoms with Crippen molar-refractivity contribution in [3.63, 3.8) is 0 Å². The SMILES string of the molecule is CN1C(=O)[C@H](NC(=O)c2n[nH]c(Cc3ccc(F)cc3)n2)COc2ccc(N3CCCOCC3)cc21. The summed E-state index contributed by atoms with van der Waals surface area (Å²) in [5.41, 5.74) is 2.44. The molecule has 0 saturated carbocycles. The van der Waals surface area contributed by atoms with Gasteiger partial charge in [-0.15, -0.1) is 5.10 Å². The van der Waals surface area contributed by atoms with Gasteiger partial charge in [-0.1, -0.05) is 12.1 Å². The summed E-state index contributed by atoms with van der Waals surface area (Å²) >= 11 is 0. The van der Waals surface area contributed by atoms with Crippen LogP contribution in [0.25, 0.3) is 0 Å². The fourth-order valence-corrected chi connectivity index (χ4v) is 4.29. The van der Waals surface area contributed by atoms with Gasteiger partial charge in [0.15, 0.2) is 0 Å². The molecule has 1 atom stereocenters. The van der Waals surface area contributed by atoms with Crippen molar-refractivity contribution in [3.05, 3.63) is 65.5 Å².